The molecule has 0 spiro atoms. The van der Waals surface area contributed by atoms with Gasteiger partial charge in [0, 0.05) is 13.7 Å². The SMILES string of the molecule is COCCOCCOCCOCC(=O)NCCCC[C@H](N)C(=O)O. The summed E-state index contributed by atoms with van der Waals surface area (Å²) in [4.78, 5) is 22.0. The van der Waals surface area contributed by atoms with Crippen molar-refractivity contribution in [3.8, 4) is 0 Å². The van der Waals surface area contributed by atoms with Crippen LogP contribution in [0.5, 0.6) is 0 Å². The van der Waals surface area contributed by atoms with Crippen molar-refractivity contribution in [1.29, 1.82) is 0 Å². The zero-order valence-corrected chi connectivity index (χ0v) is 14.3. The fraction of sp³-hybridized carbons (Fsp3) is 0.867. The second-order valence-electron chi connectivity index (χ2n) is 5.06. The summed E-state index contributed by atoms with van der Waals surface area (Å²) in [5.74, 6) is -1.21. The van der Waals surface area contributed by atoms with Gasteiger partial charge in [0.25, 0.3) is 0 Å². The number of carboxylic acid groups (broad SMARTS) is 1. The molecule has 142 valence electrons. The fourth-order valence-electron chi connectivity index (χ4n) is 1.64. The molecule has 1 atom stereocenters. The minimum absolute atomic E-state index is 0.0255. The highest BCUT2D eigenvalue weighted by molar-refractivity contribution is 5.77. The lowest BCUT2D eigenvalue weighted by Crippen LogP contribution is -2.31. The van der Waals surface area contributed by atoms with E-state index in [1.54, 1.807) is 7.11 Å². The first-order valence-corrected chi connectivity index (χ1v) is 8.05. The standard InChI is InChI=1S/C15H30N2O7/c1-21-6-7-22-8-9-23-10-11-24-12-14(18)17-5-3-2-4-13(16)15(19)20/h13H,2-12,16H2,1H3,(H,17,18)(H,19,20)/t13-/m0/s1. The maximum absolute atomic E-state index is 11.5. The lowest BCUT2D eigenvalue weighted by atomic mass is 10.1. The van der Waals surface area contributed by atoms with Gasteiger partial charge < -0.3 is 35.1 Å². The third-order valence-corrected chi connectivity index (χ3v) is 2.99. The smallest absolute Gasteiger partial charge is 0.320 e. The van der Waals surface area contributed by atoms with Crippen molar-refractivity contribution >= 4 is 11.9 Å². The maximum atomic E-state index is 11.5. The number of amides is 1. The van der Waals surface area contributed by atoms with Crippen molar-refractivity contribution in [1.82, 2.24) is 5.32 Å². The first kappa shape index (κ1) is 22.7. The lowest BCUT2D eigenvalue weighted by molar-refractivity contribution is -0.138. The van der Waals surface area contributed by atoms with Crippen LogP contribution < -0.4 is 11.1 Å². The van der Waals surface area contributed by atoms with Gasteiger partial charge in [0.15, 0.2) is 0 Å². The number of hydrogen-bond donors (Lipinski definition) is 3. The molecule has 0 unspecified atom stereocenters. The lowest BCUT2D eigenvalue weighted by Gasteiger charge is -2.08. The van der Waals surface area contributed by atoms with Crippen LogP contribution in [0.2, 0.25) is 0 Å². The molecular formula is C15H30N2O7. The molecule has 9 nitrogen and oxygen atoms in total. The summed E-state index contributed by atoms with van der Waals surface area (Å²) in [6, 6.07) is -0.839. The number of methoxy groups -OCH3 is 1. The average Bonchev–Trinajstić information content (AvgIpc) is 2.55. The molecule has 4 N–H and O–H groups in total. The summed E-state index contributed by atoms with van der Waals surface area (Å²) in [7, 11) is 1.61. The predicted octanol–water partition coefficient (Wildman–Crippen LogP) is -0.619. The molecule has 0 bridgehead atoms. The molecule has 0 radical (unpaired) electrons. The van der Waals surface area contributed by atoms with Gasteiger partial charge in [0.2, 0.25) is 5.91 Å². The van der Waals surface area contributed by atoms with E-state index < -0.39 is 12.0 Å². The number of nitrogens with one attached hydrogen (secondary N) is 1. The van der Waals surface area contributed by atoms with Crippen molar-refractivity contribution in [3.63, 3.8) is 0 Å². The molecule has 0 saturated heterocycles. The molecule has 0 aromatic carbocycles. The van der Waals surface area contributed by atoms with E-state index in [1.165, 1.54) is 0 Å². The van der Waals surface area contributed by atoms with E-state index in [4.69, 9.17) is 29.8 Å². The molecule has 0 aliphatic carbocycles. The number of carbonyl (C=O) groups excluding carboxylic acids is 1. The third-order valence-electron chi connectivity index (χ3n) is 2.99. The molecule has 9 heteroatoms. The first-order valence-electron chi connectivity index (χ1n) is 8.05. The second kappa shape index (κ2) is 16.6. The van der Waals surface area contributed by atoms with Crippen LogP contribution in [-0.2, 0) is 28.5 Å². The molecule has 0 saturated carbocycles. The fourth-order valence-corrected chi connectivity index (χ4v) is 1.64. The molecule has 1 amide bonds. The summed E-state index contributed by atoms with van der Waals surface area (Å²) in [6.07, 6.45) is 1.72. The van der Waals surface area contributed by atoms with Gasteiger partial charge >= 0.3 is 5.97 Å². The van der Waals surface area contributed by atoms with Crippen molar-refractivity contribution in [2.24, 2.45) is 5.73 Å². The Morgan fingerprint density at radius 3 is 2.17 bits per heavy atom. The van der Waals surface area contributed by atoms with Crippen molar-refractivity contribution in [2.45, 2.75) is 25.3 Å². The largest absolute Gasteiger partial charge is 0.480 e. The summed E-state index contributed by atoms with van der Waals surface area (Å²) in [5.41, 5.74) is 5.37. The number of unbranched alkanes of at least 4 members (excludes halogenated alkanes) is 1. The number of hydrogen-bond acceptors (Lipinski definition) is 7. The van der Waals surface area contributed by atoms with E-state index in [2.05, 4.69) is 5.32 Å². The van der Waals surface area contributed by atoms with Crippen LogP contribution in [0.15, 0.2) is 0 Å². The number of rotatable bonds is 17. The summed E-state index contributed by atoms with van der Waals surface area (Å²) < 4.78 is 20.5. The van der Waals surface area contributed by atoms with Crippen molar-refractivity contribution < 1.29 is 33.6 Å². The van der Waals surface area contributed by atoms with Gasteiger partial charge in [-0.25, -0.2) is 0 Å². The Kier molecular flexibility index (Phi) is 15.7. The monoisotopic (exact) mass is 350 g/mol. The van der Waals surface area contributed by atoms with Gasteiger partial charge in [-0.2, -0.15) is 0 Å². The molecule has 0 aromatic heterocycles. The van der Waals surface area contributed by atoms with Crippen LogP contribution in [0, 0.1) is 0 Å². The van der Waals surface area contributed by atoms with Gasteiger partial charge in [-0.1, -0.05) is 0 Å². The first-order chi connectivity index (χ1) is 11.6. The number of carbonyl (C=O) groups is 2. The van der Waals surface area contributed by atoms with Crippen LogP contribution in [0.1, 0.15) is 19.3 Å². The number of aliphatic carboxylic acids is 1. The van der Waals surface area contributed by atoms with Gasteiger partial charge in [-0.3, -0.25) is 9.59 Å². The van der Waals surface area contributed by atoms with E-state index >= 15 is 0 Å². The molecule has 0 fully saturated rings. The molecule has 0 heterocycles. The Balaban J connectivity index is 3.25. The Morgan fingerprint density at radius 2 is 1.58 bits per heavy atom. The summed E-state index contributed by atoms with van der Waals surface area (Å²) >= 11 is 0. The zero-order chi connectivity index (χ0) is 18.0. The predicted molar refractivity (Wildman–Crippen MR) is 86.8 cm³/mol. The van der Waals surface area contributed by atoms with E-state index in [0.29, 0.717) is 65.4 Å². The molecule has 0 aliphatic heterocycles. The zero-order valence-electron chi connectivity index (χ0n) is 14.3. The minimum atomic E-state index is -1.00. The number of ether oxygens (including phenoxy) is 4. The highest BCUT2D eigenvalue weighted by Crippen LogP contribution is 1.98. The van der Waals surface area contributed by atoms with E-state index in [0.717, 1.165) is 0 Å². The van der Waals surface area contributed by atoms with Crippen LogP contribution in [0.3, 0.4) is 0 Å². The van der Waals surface area contributed by atoms with Crippen LogP contribution >= 0.6 is 0 Å². The molecule has 0 aliphatic rings. The Bertz CT molecular complexity index is 329. The third kappa shape index (κ3) is 15.6. The average molecular weight is 350 g/mol. The Hall–Kier alpha value is -1.26. The number of carboxylic acids is 1. The molecule has 0 aromatic rings. The summed E-state index contributed by atoms with van der Waals surface area (Å²) in [5, 5.41) is 11.3. The van der Waals surface area contributed by atoms with Gasteiger partial charge in [-0.15, -0.1) is 0 Å². The Labute approximate surface area is 142 Å². The van der Waals surface area contributed by atoms with Crippen LogP contribution in [0.25, 0.3) is 0 Å². The Morgan fingerprint density at radius 1 is 1.00 bits per heavy atom. The topological polar surface area (TPSA) is 129 Å². The highest BCUT2D eigenvalue weighted by atomic mass is 16.6. The van der Waals surface area contributed by atoms with Crippen molar-refractivity contribution in [2.75, 3.05) is 59.9 Å². The minimum Gasteiger partial charge on any atom is -0.480 e. The van der Waals surface area contributed by atoms with E-state index in [9.17, 15) is 9.59 Å². The second-order valence-corrected chi connectivity index (χ2v) is 5.06. The van der Waals surface area contributed by atoms with E-state index in [1.807, 2.05) is 0 Å². The molecular weight excluding hydrogens is 320 g/mol. The maximum Gasteiger partial charge on any atom is 0.320 e. The van der Waals surface area contributed by atoms with Crippen LogP contribution in [-0.4, -0.2) is 82.9 Å². The highest BCUT2D eigenvalue weighted by Gasteiger charge is 2.10. The van der Waals surface area contributed by atoms with Crippen molar-refractivity contribution in [3.05, 3.63) is 0 Å². The number of nitrogens with two attached hydrogens (primary N) is 1. The quantitative estimate of drug-likeness (QED) is 0.296. The molecule has 0 rings (SSSR count). The van der Waals surface area contributed by atoms with Gasteiger partial charge in [0.1, 0.15) is 12.6 Å². The van der Waals surface area contributed by atoms with Gasteiger partial charge in [-0.05, 0) is 19.3 Å². The van der Waals surface area contributed by atoms with Gasteiger partial charge in [0.05, 0.1) is 39.6 Å². The molecule has 24 heavy (non-hydrogen) atoms. The van der Waals surface area contributed by atoms with E-state index in [-0.39, 0.29) is 12.5 Å². The van der Waals surface area contributed by atoms with Crippen LogP contribution in [0.4, 0.5) is 0 Å². The summed E-state index contributed by atoms with van der Waals surface area (Å²) in [6.45, 7) is 3.25. The normalized spacial score (nSPS) is 12.1.